The van der Waals surface area contributed by atoms with Crippen molar-refractivity contribution in [1.29, 1.82) is 5.26 Å². The third-order valence-electron chi connectivity index (χ3n) is 4.64. The number of amides is 1. The molecular weight excluding hydrogens is 555 g/mol. The monoisotopic (exact) mass is 571 g/mol. The summed E-state index contributed by atoms with van der Waals surface area (Å²) in [6.07, 6.45) is 1.36. The molecule has 37 heavy (non-hydrogen) atoms. The van der Waals surface area contributed by atoms with Crippen molar-refractivity contribution in [2.24, 2.45) is 5.10 Å². The molecule has 3 N–H and O–H groups in total. The number of nitriles is 1. The van der Waals surface area contributed by atoms with Crippen LogP contribution in [0.2, 0.25) is 0 Å². The van der Waals surface area contributed by atoms with Crippen molar-refractivity contribution < 1.29 is 21.6 Å². The molecule has 0 fully saturated rings. The van der Waals surface area contributed by atoms with E-state index >= 15 is 0 Å². The van der Waals surface area contributed by atoms with Crippen LogP contribution in [0.3, 0.4) is 0 Å². The van der Waals surface area contributed by atoms with Crippen molar-refractivity contribution in [2.45, 2.75) is 8.42 Å². The van der Waals surface area contributed by atoms with Crippen LogP contribution in [0.1, 0.15) is 21.5 Å². The first-order valence-corrected chi connectivity index (χ1v) is 15.0. The van der Waals surface area contributed by atoms with Gasteiger partial charge in [0.15, 0.2) is 0 Å². The number of hydrogen-bond acceptors (Lipinski definition) is 9. The molecule has 14 heteroatoms. The number of nitrogens with one attached hydrogen (secondary N) is 3. The third-order valence-corrected chi connectivity index (χ3v) is 10.2. The smallest absolute Gasteiger partial charge is 0.271 e. The Balaban J connectivity index is 1.61. The third kappa shape index (κ3) is 6.60. The second kappa shape index (κ2) is 10.9. The quantitative estimate of drug-likeness (QED) is 0.203. The van der Waals surface area contributed by atoms with Crippen molar-refractivity contribution in [3.8, 4) is 6.07 Å². The molecule has 4 rings (SSSR count). The predicted molar refractivity (Wildman–Crippen MR) is 143 cm³/mol. The largest absolute Gasteiger partial charge is 0.279 e. The molecule has 0 aliphatic heterocycles. The van der Waals surface area contributed by atoms with Crippen LogP contribution in [0.4, 0.5) is 11.4 Å². The Bertz CT molecular complexity index is 1610. The van der Waals surface area contributed by atoms with Crippen LogP contribution in [0.25, 0.3) is 0 Å². The highest BCUT2D eigenvalue weighted by atomic mass is 32.3. The topological polar surface area (TPSA) is 158 Å². The lowest BCUT2D eigenvalue weighted by molar-refractivity contribution is 0.0955. The van der Waals surface area contributed by atoms with Gasteiger partial charge in [-0.2, -0.15) is 10.4 Å². The van der Waals surface area contributed by atoms with Crippen LogP contribution in [0.5, 0.6) is 0 Å². The molecule has 0 unspecified atom stereocenters. The summed E-state index contributed by atoms with van der Waals surface area (Å²) in [7, 11) is -7.93. The Kier molecular flexibility index (Phi) is 7.69. The maximum atomic E-state index is 12.8. The van der Waals surface area contributed by atoms with Gasteiger partial charge < -0.3 is 0 Å². The lowest BCUT2D eigenvalue weighted by Gasteiger charge is -2.12. The molecule has 0 radical (unpaired) electrons. The highest BCUT2D eigenvalue weighted by Gasteiger charge is 2.20. The zero-order valence-corrected chi connectivity index (χ0v) is 21.9. The van der Waals surface area contributed by atoms with Gasteiger partial charge in [0.05, 0.1) is 29.2 Å². The molecule has 4 aromatic rings. The average molecular weight is 572 g/mol. The second-order valence-corrected chi connectivity index (χ2v) is 13.0. The number of thiophene rings is 2. The Morgan fingerprint density at radius 1 is 0.838 bits per heavy atom. The number of sulfonamides is 2. The van der Waals surface area contributed by atoms with E-state index in [1.54, 1.807) is 47.2 Å². The number of nitrogens with zero attached hydrogens (tertiary/aromatic N) is 2. The summed E-state index contributed by atoms with van der Waals surface area (Å²) in [5.41, 5.74) is 3.32. The fraction of sp³-hybridized carbons (Fsp3) is 0. The van der Waals surface area contributed by atoms with Crippen LogP contribution in [-0.2, 0) is 20.0 Å². The molecule has 0 aliphatic rings. The van der Waals surface area contributed by atoms with E-state index in [1.807, 2.05) is 6.07 Å². The average Bonchev–Trinajstić information content (AvgIpc) is 3.59. The molecule has 0 bridgehead atoms. The van der Waals surface area contributed by atoms with Gasteiger partial charge in [0, 0.05) is 5.56 Å². The number of hydrogen-bond donors (Lipinski definition) is 3. The second-order valence-electron chi connectivity index (χ2n) is 7.31. The molecule has 0 atom stereocenters. The predicted octanol–water partition coefficient (Wildman–Crippen LogP) is 4.05. The van der Waals surface area contributed by atoms with E-state index in [2.05, 4.69) is 20.0 Å². The van der Waals surface area contributed by atoms with Gasteiger partial charge in [0.25, 0.3) is 26.0 Å². The molecule has 0 saturated carbocycles. The summed E-state index contributed by atoms with van der Waals surface area (Å²) in [6.45, 7) is 0. The number of rotatable bonds is 9. The molecule has 2 aromatic heterocycles. The summed E-state index contributed by atoms with van der Waals surface area (Å²) in [5, 5.41) is 16.0. The maximum absolute atomic E-state index is 12.8. The van der Waals surface area contributed by atoms with Crippen LogP contribution in [0.15, 0.2) is 91.0 Å². The lowest BCUT2D eigenvalue weighted by Crippen LogP contribution is -2.19. The van der Waals surface area contributed by atoms with Crippen LogP contribution in [0, 0.1) is 11.3 Å². The standard InChI is InChI=1S/C23H17N5O5S4/c24-14-16-5-7-17(8-6-16)15-25-26-23(29)18-11-19(27-36(30,31)21-3-1-9-34-21)13-20(12-18)28-37(32,33)22-4-2-10-35-22/h1-13,15,27-28H,(H,26,29)/b25-15-. The van der Waals surface area contributed by atoms with E-state index < -0.39 is 26.0 Å². The van der Waals surface area contributed by atoms with Gasteiger partial charge >= 0.3 is 0 Å². The number of carbonyl (C=O) groups excluding carboxylic acids is 1. The molecule has 188 valence electrons. The van der Waals surface area contributed by atoms with Gasteiger partial charge in [-0.05, 0) is 58.8 Å². The van der Waals surface area contributed by atoms with Crippen LogP contribution >= 0.6 is 22.7 Å². The maximum Gasteiger partial charge on any atom is 0.271 e. The number of anilines is 2. The fourth-order valence-corrected chi connectivity index (χ4v) is 7.06. The van der Waals surface area contributed by atoms with Crippen molar-refractivity contribution in [2.75, 3.05) is 9.44 Å². The summed E-state index contributed by atoms with van der Waals surface area (Å²) in [4.78, 5) is 12.8. The molecule has 1 amide bonds. The van der Waals surface area contributed by atoms with Crippen molar-refractivity contribution in [1.82, 2.24) is 5.43 Å². The Labute approximate surface area is 221 Å². The lowest BCUT2D eigenvalue weighted by atomic mass is 10.1. The van der Waals surface area contributed by atoms with E-state index in [1.165, 1.54) is 36.5 Å². The van der Waals surface area contributed by atoms with Gasteiger partial charge in [0.2, 0.25) is 0 Å². The van der Waals surface area contributed by atoms with Crippen molar-refractivity contribution in [3.05, 3.63) is 94.2 Å². The zero-order valence-electron chi connectivity index (χ0n) is 18.7. The van der Waals surface area contributed by atoms with E-state index in [4.69, 9.17) is 5.26 Å². The number of carbonyl (C=O) groups is 1. The van der Waals surface area contributed by atoms with Crippen molar-refractivity contribution in [3.63, 3.8) is 0 Å². The van der Waals surface area contributed by atoms with Gasteiger partial charge in [0.1, 0.15) is 8.42 Å². The normalized spacial score (nSPS) is 11.6. The first-order valence-electron chi connectivity index (χ1n) is 10.3. The first-order chi connectivity index (χ1) is 17.7. The minimum absolute atomic E-state index is 0.0269. The molecule has 2 aromatic carbocycles. The minimum Gasteiger partial charge on any atom is -0.279 e. The van der Waals surface area contributed by atoms with Gasteiger partial charge in [-0.15, -0.1) is 22.7 Å². The van der Waals surface area contributed by atoms with E-state index in [9.17, 15) is 21.6 Å². The Morgan fingerprint density at radius 2 is 1.38 bits per heavy atom. The molecule has 0 saturated heterocycles. The minimum atomic E-state index is -3.97. The van der Waals surface area contributed by atoms with Crippen LogP contribution < -0.4 is 14.9 Å². The molecular formula is C23H17N5O5S4. The van der Waals surface area contributed by atoms with Crippen LogP contribution in [-0.4, -0.2) is 29.0 Å². The Morgan fingerprint density at radius 3 is 1.84 bits per heavy atom. The fourth-order valence-electron chi connectivity index (χ4n) is 2.99. The number of hydrazone groups is 1. The number of benzene rings is 2. The summed E-state index contributed by atoms with van der Waals surface area (Å²) in [5.74, 6) is -0.710. The van der Waals surface area contributed by atoms with E-state index in [0.717, 1.165) is 22.7 Å². The summed E-state index contributed by atoms with van der Waals surface area (Å²) < 4.78 is 55.7. The summed E-state index contributed by atoms with van der Waals surface area (Å²) >= 11 is 2.01. The Hall–Kier alpha value is -4.03. The van der Waals surface area contributed by atoms with Gasteiger partial charge in [-0.3, -0.25) is 14.2 Å². The molecule has 0 spiro atoms. The highest BCUT2D eigenvalue weighted by Crippen LogP contribution is 2.27. The van der Waals surface area contributed by atoms with E-state index in [0.29, 0.717) is 11.1 Å². The summed E-state index contributed by atoms with van der Waals surface area (Å²) in [6, 6.07) is 18.3. The van der Waals surface area contributed by atoms with E-state index in [-0.39, 0.29) is 25.4 Å². The molecule has 2 heterocycles. The highest BCUT2D eigenvalue weighted by molar-refractivity contribution is 7.95. The molecule has 10 nitrogen and oxygen atoms in total. The van der Waals surface area contributed by atoms with Crippen molar-refractivity contribution >= 4 is 66.2 Å². The SMILES string of the molecule is N#Cc1ccc(/C=N\NC(=O)c2cc(NS(=O)(=O)c3cccs3)cc(NS(=O)(=O)c3cccs3)c2)cc1. The van der Waals surface area contributed by atoms with Gasteiger partial charge in [-0.25, -0.2) is 22.3 Å². The molecule has 0 aliphatic carbocycles. The van der Waals surface area contributed by atoms with Gasteiger partial charge in [-0.1, -0.05) is 24.3 Å². The zero-order chi connectivity index (χ0) is 26.5. The first kappa shape index (κ1) is 26.0.